The SMILES string of the molecule is CN1CCN(C(=O)c2cnc3ccccc3c2)CC1. The van der Waals surface area contributed by atoms with Gasteiger partial charge in [0, 0.05) is 37.8 Å². The van der Waals surface area contributed by atoms with Gasteiger partial charge in [0.05, 0.1) is 11.1 Å². The highest BCUT2D eigenvalue weighted by atomic mass is 16.2. The number of hydrogen-bond donors (Lipinski definition) is 0. The number of benzene rings is 1. The van der Waals surface area contributed by atoms with Crippen molar-refractivity contribution in [2.75, 3.05) is 33.2 Å². The molecule has 1 aromatic carbocycles. The Morgan fingerprint density at radius 2 is 1.89 bits per heavy atom. The van der Waals surface area contributed by atoms with E-state index in [-0.39, 0.29) is 5.91 Å². The first kappa shape index (κ1) is 12.1. The van der Waals surface area contributed by atoms with Crippen molar-refractivity contribution in [1.29, 1.82) is 0 Å². The third-order valence-electron chi connectivity index (χ3n) is 3.63. The third-order valence-corrected chi connectivity index (χ3v) is 3.63. The van der Waals surface area contributed by atoms with Crippen LogP contribution in [0, 0.1) is 0 Å². The Bertz CT molecular complexity index is 603. The van der Waals surface area contributed by atoms with Gasteiger partial charge in [-0.15, -0.1) is 0 Å². The fraction of sp³-hybridized carbons (Fsp3) is 0.333. The summed E-state index contributed by atoms with van der Waals surface area (Å²) in [5.41, 5.74) is 1.61. The molecule has 3 rings (SSSR count). The number of hydrogen-bond acceptors (Lipinski definition) is 3. The van der Waals surface area contributed by atoms with E-state index >= 15 is 0 Å². The second-order valence-electron chi connectivity index (χ2n) is 5.01. The normalized spacial score (nSPS) is 16.8. The Balaban J connectivity index is 1.85. The number of rotatable bonds is 1. The molecule has 0 atom stereocenters. The maximum atomic E-state index is 12.4. The molecule has 0 bridgehead atoms. The van der Waals surface area contributed by atoms with Crippen LogP contribution in [0.2, 0.25) is 0 Å². The number of amides is 1. The second-order valence-corrected chi connectivity index (χ2v) is 5.01. The van der Waals surface area contributed by atoms with Crippen LogP contribution < -0.4 is 0 Å². The van der Waals surface area contributed by atoms with Crippen LogP contribution in [0.15, 0.2) is 36.5 Å². The number of pyridine rings is 1. The number of likely N-dealkylation sites (N-methyl/N-ethyl adjacent to an activating group) is 1. The van der Waals surface area contributed by atoms with E-state index in [1.807, 2.05) is 35.2 Å². The summed E-state index contributed by atoms with van der Waals surface area (Å²) >= 11 is 0. The van der Waals surface area contributed by atoms with Crippen LogP contribution in [-0.2, 0) is 0 Å². The molecule has 0 saturated carbocycles. The van der Waals surface area contributed by atoms with Crippen LogP contribution in [0.1, 0.15) is 10.4 Å². The van der Waals surface area contributed by atoms with Gasteiger partial charge in [-0.3, -0.25) is 9.78 Å². The molecule has 0 N–H and O–H groups in total. The first-order chi connectivity index (χ1) is 9.24. The molecule has 0 radical (unpaired) electrons. The lowest BCUT2D eigenvalue weighted by Crippen LogP contribution is -2.47. The van der Waals surface area contributed by atoms with Crippen LogP contribution in [0.25, 0.3) is 10.9 Å². The van der Waals surface area contributed by atoms with Crippen molar-refractivity contribution in [3.63, 3.8) is 0 Å². The Hall–Kier alpha value is -1.94. The zero-order chi connectivity index (χ0) is 13.2. The minimum absolute atomic E-state index is 0.0892. The first-order valence-corrected chi connectivity index (χ1v) is 6.57. The Morgan fingerprint density at radius 3 is 2.68 bits per heavy atom. The molecule has 19 heavy (non-hydrogen) atoms. The molecule has 1 amide bonds. The topological polar surface area (TPSA) is 36.4 Å². The molecule has 1 aliphatic heterocycles. The number of carbonyl (C=O) groups excluding carboxylic acids is 1. The maximum absolute atomic E-state index is 12.4. The summed E-state index contributed by atoms with van der Waals surface area (Å²) in [5, 5.41) is 1.02. The number of fused-ring (bicyclic) bond motifs is 1. The largest absolute Gasteiger partial charge is 0.336 e. The molecule has 1 aliphatic rings. The van der Waals surface area contributed by atoms with Crippen LogP contribution in [0.5, 0.6) is 0 Å². The van der Waals surface area contributed by atoms with Crippen molar-refractivity contribution < 1.29 is 4.79 Å². The van der Waals surface area contributed by atoms with Gasteiger partial charge >= 0.3 is 0 Å². The van der Waals surface area contributed by atoms with E-state index in [9.17, 15) is 4.79 Å². The van der Waals surface area contributed by atoms with Crippen molar-refractivity contribution in [2.45, 2.75) is 0 Å². The van der Waals surface area contributed by atoms with E-state index in [2.05, 4.69) is 16.9 Å². The molecule has 2 aromatic rings. The molecular formula is C15H17N3O. The van der Waals surface area contributed by atoms with Gasteiger partial charge in [0.15, 0.2) is 0 Å². The zero-order valence-corrected chi connectivity index (χ0v) is 11.0. The monoisotopic (exact) mass is 255 g/mol. The van der Waals surface area contributed by atoms with Crippen LogP contribution >= 0.6 is 0 Å². The smallest absolute Gasteiger partial charge is 0.255 e. The lowest BCUT2D eigenvalue weighted by Gasteiger charge is -2.32. The van der Waals surface area contributed by atoms with Gasteiger partial charge in [-0.25, -0.2) is 0 Å². The summed E-state index contributed by atoms with van der Waals surface area (Å²) in [6.45, 7) is 3.46. The lowest BCUT2D eigenvalue weighted by molar-refractivity contribution is 0.0664. The van der Waals surface area contributed by atoms with E-state index in [0.717, 1.165) is 37.1 Å². The lowest BCUT2D eigenvalue weighted by atomic mass is 10.1. The molecule has 1 saturated heterocycles. The highest BCUT2D eigenvalue weighted by molar-refractivity contribution is 5.97. The zero-order valence-electron chi connectivity index (χ0n) is 11.0. The number of nitrogens with zero attached hydrogens (tertiary/aromatic N) is 3. The molecule has 1 fully saturated rings. The van der Waals surface area contributed by atoms with Gasteiger partial charge in [-0.05, 0) is 19.2 Å². The Labute approximate surface area is 112 Å². The Morgan fingerprint density at radius 1 is 1.16 bits per heavy atom. The summed E-state index contributed by atoms with van der Waals surface area (Å²) in [6.07, 6.45) is 1.68. The van der Waals surface area contributed by atoms with Crippen molar-refractivity contribution in [2.24, 2.45) is 0 Å². The van der Waals surface area contributed by atoms with E-state index in [0.29, 0.717) is 5.56 Å². The van der Waals surface area contributed by atoms with Crippen LogP contribution in [0.4, 0.5) is 0 Å². The number of piperazine rings is 1. The van der Waals surface area contributed by atoms with E-state index in [4.69, 9.17) is 0 Å². The molecule has 2 heterocycles. The molecule has 98 valence electrons. The Kier molecular flexibility index (Phi) is 3.17. The van der Waals surface area contributed by atoms with Crippen LogP contribution in [0.3, 0.4) is 0 Å². The molecule has 1 aromatic heterocycles. The van der Waals surface area contributed by atoms with Crippen molar-refractivity contribution >= 4 is 16.8 Å². The van der Waals surface area contributed by atoms with Crippen molar-refractivity contribution in [3.05, 3.63) is 42.1 Å². The quantitative estimate of drug-likeness (QED) is 0.777. The van der Waals surface area contributed by atoms with Crippen molar-refractivity contribution in [1.82, 2.24) is 14.8 Å². The second kappa shape index (κ2) is 4.97. The van der Waals surface area contributed by atoms with Crippen molar-refractivity contribution in [3.8, 4) is 0 Å². The number of carbonyl (C=O) groups is 1. The third kappa shape index (κ3) is 2.44. The standard InChI is InChI=1S/C15H17N3O/c1-17-6-8-18(9-7-17)15(19)13-10-12-4-2-3-5-14(12)16-11-13/h2-5,10-11H,6-9H2,1H3. The van der Waals surface area contributed by atoms with Gasteiger partial charge in [0.1, 0.15) is 0 Å². The number of para-hydroxylation sites is 1. The van der Waals surface area contributed by atoms with Gasteiger partial charge in [-0.1, -0.05) is 18.2 Å². The summed E-state index contributed by atoms with van der Waals surface area (Å²) in [5.74, 6) is 0.0892. The van der Waals surface area contributed by atoms with Gasteiger partial charge in [0.2, 0.25) is 0 Å². The van der Waals surface area contributed by atoms with Gasteiger partial charge in [0.25, 0.3) is 5.91 Å². The minimum Gasteiger partial charge on any atom is -0.336 e. The number of aromatic nitrogens is 1. The molecule has 0 aliphatic carbocycles. The molecular weight excluding hydrogens is 238 g/mol. The van der Waals surface area contributed by atoms with E-state index < -0.39 is 0 Å². The predicted molar refractivity (Wildman–Crippen MR) is 75.1 cm³/mol. The fourth-order valence-corrected chi connectivity index (χ4v) is 2.38. The van der Waals surface area contributed by atoms with E-state index in [1.54, 1.807) is 6.20 Å². The summed E-state index contributed by atoms with van der Waals surface area (Å²) in [7, 11) is 2.08. The fourth-order valence-electron chi connectivity index (χ4n) is 2.38. The highest BCUT2D eigenvalue weighted by Crippen LogP contribution is 2.14. The molecule has 0 spiro atoms. The average Bonchev–Trinajstić information content (AvgIpc) is 2.47. The van der Waals surface area contributed by atoms with Crippen LogP contribution in [-0.4, -0.2) is 53.9 Å². The molecule has 4 nitrogen and oxygen atoms in total. The summed E-state index contributed by atoms with van der Waals surface area (Å²) < 4.78 is 0. The van der Waals surface area contributed by atoms with Gasteiger partial charge in [-0.2, -0.15) is 0 Å². The maximum Gasteiger partial charge on any atom is 0.255 e. The average molecular weight is 255 g/mol. The molecule has 4 heteroatoms. The molecule has 0 unspecified atom stereocenters. The minimum atomic E-state index is 0.0892. The van der Waals surface area contributed by atoms with E-state index in [1.165, 1.54) is 0 Å². The summed E-state index contributed by atoms with van der Waals surface area (Å²) in [6, 6.07) is 9.80. The first-order valence-electron chi connectivity index (χ1n) is 6.57. The van der Waals surface area contributed by atoms with Gasteiger partial charge < -0.3 is 9.80 Å². The predicted octanol–water partition coefficient (Wildman–Crippen LogP) is 1.62. The summed E-state index contributed by atoms with van der Waals surface area (Å²) in [4.78, 5) is 20.9. The highest BCUT2D eigenvalue weighted by Gasteiger charge is 2.20.